The summed E-state index contributed by atoms with van der Waals surface area (Å²) in [6, 6.07) is 10.9. The van der Waals surface area contributed by atoms with Crippen molar-refractivity contribution in [2.75, 3.05) is 18.9 Å². The van der Waals surface area contributed by atoms with Crippen LogP contribution in [0.4, 0.5) is 5.69 Å². The predicted octanol–water partition coefficient (Wildman–Crippen LogP) is 3.92. The number of hydrogen-bond acceptors (Lipinski definition) is 3. The molecule has 1 aliphatic carbocycles. The first-order valence-corrected chi connectivity index (χ1v) is 11.7. The van der Waals surface area contributed by atoms with Gasteiger partial charge in [-0.1, -0.05) is 6.07 Å². The molecule has 3 aromatic rings. The number of H-pyrrole nitrogens is 1. The molecule has 1 heterocycles. The summed E-state index contributed by atoms with van der Waals surface area (Å²) in [7, 11) is -2.34. The van der Waals surface area contributed by atoms with Crippen LogP contribution in [0.1, 0.15) is 35.2 Å². The van der Waals surface area contributed by atoms with E-state index in [0.717, 1.165) is 52.0 Å². The van der Waals surface area contributed by atoms with Gasteiger partial charge in [0.15, 0.2) is 0 Å². The number of aryl methyl sites for hydroxylation is 4. The lowest BCUT2D eigenvalue weighted by molar-refractivity contribution is -0.116. The quantitative estimate of drug-likeness (QED) is 0.650. The fourth-order valence-electron chi connectivity index (χ4n) is 4.26. The molecule has 0 bridgehead atoms. The number of anilines is 1. The zero-order valence-corrected chi connectivity index (χ0v) is 18.4. The van der Waals surface area contributed by atoms with E-state index < -0.39 is 10.0 Å². The Hall–Kier alpha value is -2.64. The Morgan fingerprint density at radius 1 is 1.07 bits per heavy atom. The first-order valence-electron chi connectivity index (χ1n) is 10.2. The zero-order valence-electron chi connectivity index (χ0n) is 17.6. The molecule has 1 amide bonds. The topological polar surface area (TPSA) is 82.3 Å². The van der Waals surface area contributed by atoms with Crippen LogP contribution in [0.25, 0.3) is 10.9 Å². The van der Waals surface area contributed by atoms with Crippen LogP contribution in [-0.4, -0.2) is 37.2 Å². The molecule has 6 nitrogen and oxygen atoms in total. The third-order valence-corrected chi connectivity index (χ3v) is 7.45. The molecule has 1 aliphatic rings. The van der Waals surface area contributed by atoms with Gasteiger partial charge < -0.3 is 10.3 Å². The highest BCUT2D eigenvalue weighted by atomic mass is 32.2. The minimum Gasteiger partial charge on any atom is -0.358 e. The highest BCUT2D eigenvalue weighted by Crippen LogP contribution is 2.31. The number of carbonyl (C=O) groups is 1. The van der Waals surface area contributed by atoms with Gasteiger partial charge in [0.1, 0.15) is 0 Å². The van der Waals surface area contributed by atoms with Gasteiger partial charge in [-0.25, -0.2) is 8.42 Å². The molecule has 0 saturated carbocycles. The van der Waals surface area contributed by atoms with Gasteiger partial charge in [-0.2, -0.15) is 4.31 Å². The van der Waals surface area contributed by atoms with Gasteiger partial charge in [-0.15, -0.1) is 0 Å². The molecule has 2 N–H and O–H groups in total. The van der Waals surface area contributed by atoms with Crippen LogP contribution in [0.2, 0.25) is 0 Å². The molecule has 7 heteroatoms. The number of rotatable bonds is 5. The maximum atomic E-state index is 13.1. The van der Waals surface area contributed by atoms with Gasteiger partial charge in [0.05, 0.1) is 11.4 Å². The van der Waals surface area contributed by atoms with Gasteiger partial charge in [-0.05, 0) is 86.6 Å². The summed E-state index contributed by atoms with van der Waals surface area (Å²) in [6.07, 6.45) is 4.25. The molecular formula is C23H27N3O3S. The Kier molecular flexibility index (Phi) is 5.42. The summed E-state index contributed by atoms with van der Waals surface area (Å²) in [6.45, 7) is 3.66. The number of carbonyl (C=O) groups excluding carboxylic acids is 1. The van der Waals surface area contributed by atoms with Gasteiger partial charge >= 0.3 is 0 Å². The maximum Gasteiger partial charge on any atom is 0.243 e. The first kappa shape index (κ1) is 20.6. The highest BCUT2D eigenvalue weighted by Gasteiger charge is 2.25. The average Bonchev–Trinajstić information content (AvgIpc) is 3.04. The maximum absolute atomic E-state index is 13.1. The van der Waals surface area contributed by atoms with Crippen molar-refractivity contribution in [3.05, 3.63) is 58.8 Å². The Labute approximate surface area is 177 Å². The molecule has 30 heavy (non-hydrogen) atoms. The van der Waals surface area contributed by atoms with Crippen molar-refractivity contribution < 1.29 is 13.2 Å². The minimum atomic E-state index is -3.78. The van der Waals surface area contributed by atoms with Crippen LogP contribution >= 0.6 is 0 Å². The summed E-state index contributed by atoms with van der Waals surface area (Å²) >= 11 is 0. The standard InChI is InChI=1S/C23H27N3O3S/c1-15-10-16(2)12-17(11-15)24-23(27)14-26(3)30(28,29)18-8-9-22-20(13-18)19-6-4-5-7-21(19)25-22/h8-13,25H,4-7,14H2,1-3H3,(H,24,27). The summed E-state index contributed by atoms with van der Waals surface area (Å²) in [5.41, 5.74) is 6.15. The molecule has 158 valence electrons. The van der Waals surface area contributed by atoms with Crippen LogP contribution in [0.3, 0.4) is 0 Å². The molecule has 4 rings (SSSR count). The number of amides is 1. The third kappa shape index (κ3) is 4.00. The van der Waals surface area contributed by atoms with Crippen LogP contribution < -0.4 is 5.32 Å². The van der Waals surface area contributed by atoms with Crippen molar-refractivity contribution in [1.29, 1.82) is 0 Å². The van der Waals surface area contributed by atoms with Crippen molar-refractivity contribution in [3.8, 4) is 0 Å². The fraction of sp³-hybridized carbons (Fsp3) is 0.348. The van der Waals surface area contributed by atoms with Gasteiger partial charge in [0, 0.05) is 29.3 Å². The van der Waals surface area contributed by atoms with Gasteiger partial charge in [-0.3, -0.25) is 4.79 Å². The molecule has 0 unspecified atom stereocenters. The molecular weight excluding hydrogens is 398 g/mol. The monoisotopic (exact) mass is 425 g/mol. The van der Waals surface area contributed by atoms with E-state index in [1.807, 2.05) is 38.1 Å². The Morgan fingerprint density at radius 3 is 2.50 bits per heavy atom. The molecule has 0 aliphatic heterocycles. The second kappa shape index (κ2) is 7.89. The average molecular weight is 426 g/mol. The number of benzene rings is 2. The van der Waals surface area contributed by atoms with Crippen LogP contribution in [0, 0.1) is 13.8 Å². The lowest BCUT2D eigenvalue weighted by Gasteiger charge is -2.17. The second-order valence-corrected chi connectivity index (χ2v) is 10.2. The van der Waals surface area contributed by atoms with Crippen LogP contribution in [0.15, 0.2) is 41.3 Å². The Morgan fingerprint density at radius 2 is 1.77 bits per heavy atom. The highest BCUT2D eigenvalue weighted by molar-refractivity contribution is 7.89. The van der Waals surface area contributed by atoms with E-state index in [1.54, 1.807) is 12.1 Å². The number of aromatic amines is 1. The number of fused-ring (bicyclic) bond motifs is 3. The first-order chi connectivity index (χ1) is 14.2. The number of hydrogen-bond donors (Lipinski definition) is 2. The Balaban J connectivity index is 1.54. The number of nitrogens with one attached hydrogen (secondary N) is 2. The summed E-state index contributed by atoms with van der Waals surface area (Å²) in [5.74, 6) is -0.369. The number of aromatic nitrogens is 1. The lowest BCUT2D eigenvalue weighted by atomic mass is 9.96. The van der Waals surface area contributed by atoms with E-state index in [4.69, 9.17) is 0 Å². The van der Waals surface area contributed by atoms with Crippen molar-refractivity contribution >= 4 is 32.5 Å². The molecule has 0 radical (unpaired) electrons. The normalized spacial score (nSPS) is 14.1. The van der Waals surface area contributed by atoms with E-state index in [2.05, 4.69) is 10.3 Å². The van der Waals surface area contributed by atoms with Gasteiger partial charge in [0.25, 0.3) is 0 Å². The van der Waals surface area contributed by atoms with Crippen LogP contribution in [0.5, 0.6) is 0 Å². The van der Waals surface area contributed by atoms with E-state index in [1.165, 1.54) is 18.3 Å². The van der Waals surface area contributed by atoms with Crippen molar-refractivity contribution in [2.24, 2.45) is 0 Å². The predicted molar refractivity (Wildman–Crippen MR) is 119 cm³/mol. The fourth-order valence-corrected chi connectivity index (χ4v) is 5.41. The van der Waals surface area contributed by atoms with E-state index >= 15 is 0 Å². The zero-order chi connectivity index (χ0) is 21.5. The number of likely N-dealkylation sites (N-methyl/N-ethyl adjacent to an activating group) is 1. The second-order valence-electron chi connectivity index (χ2n) is 8.18. The molecule has 1 aromatic heterocycles. The van der Waals surface area contributed by atoms with E-state index in [0.29, 0.717) is 5.69 Å². The molecule has 0 saturated heterocycles. The summed E-state index contributed by atoms with van der Waals surface area (Å²) < 4.78 is 27.3. The van der Waals surface area contributed by atoms with Crippen molar-refractivity contribution in [3.63, 3.8) is 0 Å². The minimum absolute atomic E-state index is 0.212. The molecule has 0 spiro atoms. The van der Waals surface area contributed by atoms with E-state index in [-0.39, 0.29) is 17.3 Å². The third-order valence-electron chi connectivity index (χ3n) is 5.65. The van der Waals surface area contributed by atoms with Crippen molar-refractivity contribution in [1.82, 2.24) is 9.29 Å². The summed E-state index contributed by atoms with van der Waals surface area (Å²) in [4.78, 5) is 16.1. The largest absolute Gasteiger partial charge is 0.358 e. The lowest BCUT2D eigenvalue weighted by Crippen LogP contribution is -2.35. The molecule has 0 fully saturated rings. The van der Waals surface area contributed by atoms with Crippen molar-refractivity contribution in [2.45, 2.75) is 44.4 Å². The van der Waals surface area contributed by atoms with Gasteiger partial charge in [0.2, 0.25) is 15.9 Å². The van der Waals surface area contributed by atoms with Crippen LogP contribution in [-0.2, 0) is 27.7 Å². The SMILES string of the molecule is Cc1cc(C)cc(NC(=O)CN(C)S(=O)(=O)c2ccc3[nH]c4c(c3c2)CCCC4)c1. The molecule has 2 aromatic carbocycles. The molecule has 0 atom stereocenters. The van der Waals surface area contributed by atoms with E-state index in [9.17, 15) is 13.2 Å². The summed E-state index contributed by atoms with van der Waals surface area (Å²) in [5, 5.41) is 3.77. The smallest absolute Gasteiger partial charge is 0.243 e. The Bertz CT molecular complexity index is 1210. The number of sulfonamides is 1. The number of nitrogens with zero attached hydrogens (tertiary/aromatic N) is 1.